The first kappa shape index (κ1) is 21.6. The summed E-state index contributed by atoms with van der Waals surface area (Å²) in [6, 6.07) is 17.0. The summed E-state index contributed by atoms with van der Waals surface area (Å²) in [5.41, 5.74) is 5.10. The van der Waals surface area contributed by atoms with E-state index in [4.69, 9.17) is 16.3 Å². The molecule has 4 rings (SSSR count). The Balaban J connectivity index is 1.49. The summed E-state index contributed by atoms with van der Waals surface area (Å²) < 4.78 is 9.12. The van der Waals surface area contributed by atoms with Gasteiger partial charge in [0.2, 0.25) is 0 Å². The maximum absolute atomic E-state index is 13.0. The molecule has 1 N–H and O–H groups in total. The molecule has 1 amide bonds. The Labute approximate surface area is 191 Å². The zero-order valence-electron chi connectivity index (χ0n) is 18.2. The van der Waals surface area contributed by atoms with Gasteiger partial charge in [-0.25, -0.2) is 4.68 Å². The van der Waals surface area contributed by atoms with Crippen LogP contribution in [0, 0.1) is 20.8 Å². The molecule has 0 aliphatic carbocycles. The number of carbonyl (C=O) groups is 1. The molecule has 2 heterocycles. The number of nitrogens with one attached hydrogen (secondary N) is 1. The molecule has 0 aliphatic heterocycles. The lowest BCUT2D eigenvalue weighted by Gasteiger charge is -2.11. The fraction of sp³-hybridized carbons (Fsp3) is 0.208. The number of rotatable bonds is 7. The van der Waals surface area contributed by atoms with Crippen LogP contribution < -0.4 is 10.1 Å². The number of hydrogen-bond acceptors (Lipinski definition) is 4. The highest BCUT2D eigenvalue weighted by atomic mass is 35.5. The number of hydrogen-bond donors (Lipinski definition) is 1. The zero-order valence-corrected chi connectivity index (χ0v) is 18.9. The number of nitrogens with zero attached hydrogens (tertiary/aromatic N) is 4. The Bertz CT molecular complexity index is 1260. The van der Waals surface area contributed by atoms with Crippen molar-refractivity contribution in [2.24, 2.45) is 0 Å². The van der Waals surface area contributed by atoms with Gasteiger partial charge in [-0.1, -0.05) is 48.0 Å². The number of carbonyl (C=O) groups excluding carboxylic acids is 1. The van der Waals surface area contributed by atoms with Gasteiger partial charge in [-0.15, -0.1) is 0 Å². The molecule has 8 heteroatoms. The Morgan fingerprint density at radius 1 is 1.03 bits per heavy atom. The summed E-state index contributed by atoms with van der Waals surface area (Å²) in [7, 11) is 0. The highest BCUT2D eigenvalue weighted by Gasteiger charge is 2.18. The molecule has 0 radical (unpaired) electrons. The second-order valence-electron chi connectivity index (χ2n) is 7.50. The summed E-state index contributed by atoms with van der Waals surface area (Å²) >= 11 is 6.14. The van der Waals surface area contributed by atoms with Gasteiger partial charge in [0.25, 0.3) is 5.91 Å². The van der Waals surface area contributed by atoms with Crippen LogP contribution in [0.2, 0.25) is 5.02 Å². The Morgan fingerprint density at radius 2 is 1.78 bits per heavy atom. The summed E-state index contributed by atoms with van der Waals surface area (Å²) in [4.78, 5) is 13.0. The van der Waals surface area contributed by atoms with Crippen molar-refractivity contribution in [3.05, 3.63) is 94.0 Å². The molecule has 0 saturated carbocycles. The fourth-order valence-electron chi connectivity index (χ4n) is 3.48. The number of anilines is 1. The predicted octanol–water partition coefficient (Wildman–Crippen LogP) is 5.00. The topological polar surface area (TPSA) is 74.0 Å². The molecule has 0 saturated heterocycles. The van der Waals surface area contributed by atoms with Gasteiger partial charge in [0.05, 0.1) is 28.6 Å². The number of amides is 1. The van der Waals surface area contributed by atoms with Crippen LogP contribution in [0.4, 0.5) is 5.69 Å². The third-order valence-electron chi connectivity index (χ3n) is 5.33. The van der Waals surface area contributed by atoms with Gasteiger partial charge in [-0.05, 0) is 50.1 Å². The van der Waals surface area contributed by atoms with E-state index in [-0.39, 0.29) is 12.6 Å². The minimum absolute atomic E-state index is 0.0595. The van der Waals surface area contributed by atoms with Gasteiger partial charge in [-0.2, -0.15) is 10.2 Å². The maximum atomic E-state index is 13.0. The second-order valence-corrected chi connectivity index (χ2v) is 7.91. The lowest BCUT2D eigenvalue weighted by Crippen LogP contribution is -2.20. The molecule has 0 fully saturated rings. The first-order valence-electron chi connectivity index (χ1n) is 10.2. The number of aryl methyl sites for hydroxylation is 2. The quantitative estimate of drug-likeness (QED) is 0.431. The second kappa shape index (κ2) is 9.28. The first-order chi connectivity index (χ1) is 15.4. The van der Waals surface area contributed by atoms with Crippen LogP contribution in [0.25, 0.3) is 0 Å². The predicted molar refractivity (Wildman–Crippen MR) is 124 cm³/mol. The Kier molecular flexibility index (Phi) is 6.28. The molecule has 0 spiro atoms. The first-order valence-corrected chi connectivity index (χ1v) is 10.6. The molecule has 4 aromatic rings. The zero-order chi connectivity index (χ0) is 22.7. The van der Waals surface area contributed by atoms with Gasteiger partial charge >= 0.3 is 0 Å². The third kappa shape index (κ3) is 4.53. The SMILES string of the molecule is Cc1ccccc1Cn1nc(C)c(NC(=O)c2ccnn2COc2ccccc2Cl)c1C. The molecule has 0 bridgehead atoms. The largest absolute Gasteiger partial charge is 0.470 e. The number of halogens is 1. The van der Waals surface area contributed by atoms with Crippen LogP contribution in [0.1, 0.15) is 33.0 Å². The van der Waals surface area contributed by atoms with E-state index in [0.29, 0.717) is 28.7 Å². The van der Waals surface area contributed by atoms with E-state index in [9.17, 15) is 4.79 Å². The lowest BCUT2D eigenvalue weighted by atomic mass is 10.1. The van der Waals surface area contributed by atoms with E-state index in [1.54, 1.807) is 24.4 Å². The fourth-order valence-corrected chi connectivity index (χ4v) is 3.67. The average Bonchev–Trinajstić information content (AvgIpc) is 3.35. The van der Waals surface area contributed by atoms with Crippen molar-refractivity contribution in [3.8, 4) is 5.75 Å². The van der Waals surface area contributed by atoms with Crippen molar-refractivity contribution in [2.75, 3.05) is 5.32 Å². The monoisotopic (exact) mass is 449 g/mol. The number of aromatic nitrogens is 4. The average molecular weight is 450 g/mol. The van der Waals surface area contributed by atoms with Gasteiger partial charge in [0, 0.05) is 6.20 Å². The smallest absolute Gasteiger partial charge is 0.274 e. The van der Waals surface area contributed by atoms with E-state index in [0.717, 1.165) is 11.4 Å². The van der Waals surface area contributed by atoms with Crippen LogP contribution in [-0.4, -0.2) is 25.5 Å². The van der Waals surface area contributed by atoms with Gasteiger partial charge in [0.1, 0.15) is 11.4 Å². The molecule has 0 aliphatic rings. The van der Waals surface area contributed by atoms with Crippen molar-refractivity contribution < 1.29 is 9.53 Å². The van der Waals surface area contributed by atoms with Gasteiger partial charge in [0.15, 0.2) is 6.73 Å². The number of para-hydroxylation sites is 1. The molecule has 2 aromatic carbocycles. The van der Waals surface area contributed by atoms with Crippen LogP contribution in [0.15, 0.2) is 60.8 Å². The number of benzene rings is 2. The van der Waals surface area contributed by atoms with E-state index in [1.165, 1.54) is 15.8 Å². The Morgan fingerprint density at radius 3 is 2.56 bits per heavy atom. The van der Waals surface area contributed by atoms with Crippen LogP contribution in [0.3, 0.4) is 0 Å². The molecular formula is C24H24ClN5O2. The normalized spacial score (nSPS) is 10.9. The molecule has 32 heavy (non-hydrogen) atoms. The molecular weight excluding hydrogens is 426 g/mol. The molecule has 7 nitrogen and oxygen atoms in total. The molecule has 164 valence electrons. The third-order valence-corrected chi connectivity index (χ3v) is 5.64. The van der Waals surface area contributed by atoms with Crippen LogP contribution in [-0.2, 0) is 13.3 Å². The standard InChI is InChI=1S/C24H24ClN5O2/c1-16-8-4-5-9-19(16)14-29-18(3)23(17(2)28-29)27-24(31)21-12-13-26-30(21)15-32-22-11-7-6-10-20(22)25/h4-13H,14-15H2,1-3H3,(H,27,31). The highest BCUT2D eigenvalue weighted by molar-refractivity contribution is 6.32. The van der Waals surface area contributed by atoms with Crippen LogP contribution in [0.5, 0.6) is 5.75 Å². The summed E-state index contributed by atoms with van der Waals surface area (Å²) in [5, 5.41) is 12.3. The van der Waals surface area contributed by atoms with Crippen molar-refractivity contribution in [2.45, 2.75) is 34.0 Å². The molecule has 2 aromatic heterocycles. The van der Waals surface area contributed by atoms with Crippen molar-refractivity contribution in [3.63, 3.8) is 0 Å². The minimum atomic E-state index is -0.285. The molecule has 0 atom stereocenters. The van der Waals surface area contributed by atoms with E-state index in [1.807, 2.05) is 42.8 Å². The van der Waals surface area contributed by atoms with Gasteiger partial charge < -0.3 is 10.1 Å². The van der Waals surface area contributed by atoms with Crippen LogP contribution >= 0.6 is 11.6 Å². The summed E-state index contributed by atoms with van der Waals surface area (Å²) in [5.74, 6) is 0.243. The molecule has 0 unspecified atom stereocenters. The van der Waals surface area contributed by atoms with Crippen molar-refractivity contribution in [1.29, 1.82) is 0 Å². The maximum Gasteiger partial charge on any atom is 0.274 e. The van der Waals surface area contributed by atoms with Gasteiger partial charge in [-0.3, -0.25) is 9.48 Å². The minimum Gasteiger partial charge on any atom is -0.470 e. The van der Waals surface area contributed by atoms with Crippen molar-refractivity contribution >= 4 is 23.2 Å². The Hall–Kier alpha value is -3.58. The number of ether oxygens (including phenoxy) is 1. The van der Waals surface area contributed by atoms with E-state index >= 15 is 0 Å². The van der Waals surface area contributed by atoms with E-state index < -0.39 is 0 Å². The summed E-state index contributed by atoms with van der Waals surface area (Å²) in [6.45, 7) is 6.61. The van der Waals surface area contributed by atoms with Crippen molar-refractivity contribution in [1.82, 2.24) is 19.6 Å². The highest BCUT2D eigenvalue weighted by Crippen LogP contribution is 2.24. The van der Waals surface area contributed by atoms with E-state index in [2.05, 4.69) is 34.6 Å². The lowest BCUT2D eigenvalue weighted by molar-refractivity contribution is 0.100. The summed E-state index contributed by atoms with van der Waals surface area (Å²) in [6.07, 6.45) is 1.56.